The summed E-state index contributed by atoms with van der Waals surface area (Å²) in [5, 5.41) is 10.7. The first kappa shape index (κ1) is 30.7. The third-order valence-electron chi connectivity index (χ3n) is 7.36. The van der Waals surface area contributed by atoms with Crippen LogP contribution in [0.1, 0.15) is 48.5 Å². The number of rotatable bonds is 9. The second-order valence-corrected chi connectivity index (χ2v) is 10.9. The molecule has 0 spiro atoms. The lowest BCUT2D eigenvalue weighted by molar-refractivity contribution is -0.261. The first-order valence-electron chi connectivity index (χ1n) is 13.0. The number of carbonyl (C=O) groups is 2. The van der Waals surface area contributed by atoms with E-state index < -0.39 is 23.2 Å². The summed E-state index contributed by atoms with van der Waals surface area (Å²) in [5.74, 6) is -0.263. The number of likely N-dealkylation sites (N-methyl/N-ethyl adjacent to an activating group) is 1. The Morgan fingerprint density at radius 1 is 1.10 bits per heavy atom. The second-order valence-electron chi connectivity index (χ2n) is 10.6. The van der Waals surface area contributed by atoms with E-state index in [0.717, 1.165) is 55.2 Å². The maximum atomic E-state index is 13.8. The number of carbonyl (C=O) groups excluding carboxylic acids is 2. The predicted molar refractivity (Wildman–Crippen MR) is 145 cm³/mol. The number of halogens is 4. The fourth-order valence-electron chi connectivity index (χ4n) is 4.97. The minimum atomic E-state index is -5.15. The fraction of sp³-hybridized carbons (Fsp3) is 0.536. The molecule has 0 bridgehead atoms. The molecule has 0 saturated carbocycles. The number of anilines is 1. The molecule has 39 heavy (non-hydrogen) atoms. The first-order chi connectivity index (χ1) is 18.3. The van der Waals surface area contributed by atoms with Crippen molar-refractivity contribution in [3.63, 3.8) is 0 Å². The van der Waals surface area contributed by atoms with Crippen LogP contribution in [0.5, 0.6) is 0 Å². The van der Waals surface area contributed by atoms with Crippen LogP contribution in [0, 0.1) is 11.8 Å². The molecule has 1 aliphatic heterocycles. The third-order valence-corrected chi connectivity index (χ3v) is 7.65. The predicted octanol–water partition coefficient (Wildman–Crippen LogP) is 4.98. The topological polar surface area (TPSA) is 77.0 Å². The van der Waals surface area contributed by atoms with Crippen molar-refractivity contribution < 1.29 is 27.9 Å². The van der Waals surface area contributed by atoms with Gasteiger partial charge in [0.2, 0.25) is 0 Å². The molecule has 2 atom stereocenters. The van der Waals surface area contributed by atoms with Crippen LogP contribution in [-0.4, -0.2) is 78.7 Å². The van der Waals surface area contributed by atoms with E-state index in [2.05, 4.69) is 9.88 Å². The Bertz CT molecular complexity index is 1140. The summed E-state index contributed by atoms with van der Waals surface area (Å²) in [6.45, 7) is 3.68. The number of alkyl halides is 3. The summed E-state index contributed by atoms with van der Waals surface area (Å²) < 4.78 is 41.5. The van der Waals surface area contributed by atoms with E-state index in [1.54, 1.807) is 26.2 Å². The summed E-state index contributed by atoms with van der Waals surface area (Å²) in [7, 11) is 4.60. The standard InChI is InChI=1S/C28H36ClF3N4O3/c1-19(12-15-35(4)26(38)27(39,28(30,31)32)21-8-6-5-7-9-21)18-20-13-16-36(17-14-20)23-11-10-22(24(29)33-23)25(37)34(2)3/h5-11,19-20,39H,12-18H2,1-4H3. The zero-order valence-corrected chi connectivity index (χ0v) is 23.5. The highest BCUT2D eigenvalue weighted by atomic mass is 35.5. The number of aromatic nitrogens is 1. The van der Waals surface area contributed by atoms with Gasteiger partial charge < -0.3 is 19.8 Å². The molecule has 3 rings (SSSR count). The molecule has 0 radical (unpaired) electrons. The van der Waals surface area contributed by atoms with E-state index in [9.17, 15) is 27.9 Å². The summed E-state index contributed by atoms with van der Waals surface area (Å²) in [6.07, 6.45) is -1.93. The Morgan fingerprint density at radius 2 is 1.72 bits per heavy atom. The van der Waals surface area contributed by atoms with Crippen molar-refractivity contribution in [1.82, 2.24) is 14.8 Å². The summed E-state index contributed by atoms with van der Waals surface area (Å²) in [6, 6.07) is 9.95. The molecule has 7 nitrogen and oxygen atoms in total. The number of pyridine rings is 1. The number of nitrogens with zero attached hydrogens (tertiary/aromatic N) is 4. The van der Waals surface area contributed by atoms with Crippen molar-refractivity contribution in [3.8, 4) is 0 Å². The highest BCUT2D eigenvalue weighted by Crippen LogP contribution is 2.40. The van der Waals surface area contributed by atoms with Crippen LogP contribution >= 0.6 is 11.6 Å². The lowest BCUT2D eigenvalue weighted by Crippen LogP contribution is -2.55. The summed E-state index contributed by atoms with van der Waals surface area (Å²) in [5.41, 5.74) is -3.73. The smallest absolute Gasteiger partial charge is 0.369 e. The maximum absolute atomic E-state index is 13.8. The number of piperidine rings is 1. The van der Waals surface area contributed by atoms with E-state index in [1.165, 1.54) is 30.1 Å². The van der Waals surface area contributed by atoms with Gasteiger partial charge in [0.1, 0.15) is 11.0 Å². The molecule has 2 aromatic rings. The lowest BCUT2D eigenvalue weighted by Gasteiger charge is -2.35. The molecular formula is C28H36ClF3N4O3. The minimum absolute atomic E-state index is 0.102. The molecule has 2 unspecified atom stereocenters. The van der Waals surface area contributed by atoms with E-state index in [1.807, 2.05) is 6.92 Å². The lowest BCUT2D eigenvalue weighted by atomic mass is 9.86. The Labute approximate surface area is 232 Å². The van der Waals surface area contributed by atoms with Crippen LogP contribution in [0.3, 0.4) is 0 Å². The Balaban J connectivity index is 1.51. The van der Waals surface area contributed by atoms with Crippen molar-refractivity contribution in [2.45, 2.75) is 44.4 Å². The highest BCUT2D eigenvalue weighted by molar-refractivity contribution is 6.32. The van der Waals surface area contributed by atoms with Crippen molar-refractivity contribution in [1.29, 1.82) is 0 Å². The highest BCUT2D eigenvalue weighted by Gasteiger charge is 2.61. The zero-order valence-electron chi connectivity index (χ0n) is 22.7. The van der Waals surface area contributed by atoms with Crippen LogP contribution in [0.25, 0.3) is 0 Å². The number of hydrogen-bond donors (Lipinski definition) is 1. The van der Waals surface area contributed by atoms with Crippen LogP contribution in [0.2, 0.25) is 5.15 Å². The van der Waals surface area contributed by atoms with Crippen molar-refractivity contribution in [3.05, 3.63) is 58.7 Å². The van der Waals surface area contributed by atoms with Crippen molar-refractivity contribution in [2.24, 2.45) is 11.8 Å². The number of amides is 2. The molecule has 1 saturated heterocycles. The number of hydrogen-bond acceptors (Lipinski definition) is 5. The van der Waals surface area contributed by atoms with Gasteiger partial charge in [-0.05, 0) is 49.7 Å². The molecule has 2 amide bonds. The number of benzene rings is 1. The van der Waals surface area contributed by atoms with Gasteiger partial charge in [-0.2, -0.15) is 13.2 Å². The van der Waals surface area contributed by atoms with Crippen molar-refractivity contribution >= 4 is 29.2 Å². The Kier molecular flexibility index (Phi) is 9.88. The monoisotopic (exact) mass is 568 g/mol. The minimum Gasteiger partial charge on any atom is -0.369 e. The maximum Gasteiger partial charge on any atom is 0.430 e. The van der Waals surface area contributed by atoms with E-state index in [-0.39, 0.29) is 23.5 Å². The number of aliphatic hydroxyl groups is 1. The normalized spacial score (nSPS) is 16.9. The summed E-state index contributed by atoms with van der Waals surface area (Å²) in [4.78, 5) is 34.0. The average Bonchev–Trinajstić information content (AvgIpc) is 2.90. The van der Waals surface area contributed by atoms with Gasteiger partial charge in [0.25, 0.3) is 17.4 Å². The van der Waals surface area contributed by atoms with E-state index >= 15 is 0 Å². The van der Waals surface area contributed by atoms with Crippen LogP contribution in [-0.2, 0) is 10.4 Å². The molecule has 1 aromatic carbocycles. The molecule has 1 N–H and O–H groups in total. The van der Waals surface area contributed by atoms with Gasteiger partial charge in [0.05, 0.1) is 5.56 Å². The Morgan fingerprint density at radius 3 is 2.26 bits per heavy atom. The van der Waals surface area contributed by atoms with Gasteiger partial charge in [-0.15, -0.1) is 0 Å². The zero-order chi connectivity index (χ0) is 29.0. The van der Waals surface area contributed by atoms with Crippen LogP contribution in [0.15, 0.2) is 42.5 Å². The van der Waals surface area contributed by atoms with Crippen LogP contribution in [0.4, 0.5) is 19.0 Å². The quantitative estimate of drug-likeness (QED) is 0.432. The molecule has 2 heterocycles. The van der Waals surface area contributed by atoms with Gasteiger partial charge in [-0.25, -0.2) is 4.98 Å². The molecule has 1 aromatic heterocycles. The molecule has 11 heteroatoms. The van der Waals surface area contributed by atoms with Crippen LogP contribution < -0.4 is 4.90 Å². The SMILES string of the molecule is CC(CCN(C)C(=O)C(O)(c1ccccc1)C(F)(F)F)CC1CCN(c2ccc(C(=O)N(C)C)c(Cl)n2)CC1. The molecule has 214 valence electrons. The van der Waals surface area contributed by atoms with Gasteiger partial charge >= 0.3 is 6.18 Å². The summed E-state index contributed by atoms with van der Waals surface area (Å²) >= 11 is 6.26. The Hall–Kier alpha value is -2.85. The second kappa shape index (κ2) is 12.6. The van der Waals surface area contributed by atoms with Gasteiger partial charge in [-0.3, -0.25) is 9.59 Å². The van der Waals surface area contributed by atoms with E-state index in [0.29, 0.717) is 17.9 Å². The fourth-order valence-corrected chi connectivity index (χ4v) is 5.20. The van der Waals surface area contributed by atoms with Gasteiger partial charge in [-0.1, -0.05) is 48.9 Å². The van der Waals surface area contributed by atoms with E-state index in [4.69, 9.17) is 11.6 Å². The molecule has 1 aliphatic rings. The average molecular weight is 569 g/mol. The first-order valence-corrected chi connectivity index (χ1v) is 13.4. The van der Waals surface area contributed by atoms with Crippen molar-refractivity contribution in [2.75, 3.05) is 45.7 Å². The van der Waals surface area contributed by atoms with Gasteiger partial charge in [0.15, 0.2) is 0 Å². The molecule has 1 fully saturated rings. The third kappa shape index (κ3) is 7.03. The molecular weight excluding hydrogens is 533 g/mol. The van der Waals surface area contributed by atoms with Gasteiger partial charge in [0, 0.05) is 46.3 Å². The molecule has 0 aliphatic carbocycles. The largest absolute Gasteiger partial charge is 0.430 e.